The van der Waals surface area contributed by atoms with Crippen molar-refractivity contribution >= 4 is 15.9 Å². The largest absolute Gasteiger partial charge is 0.490 e. The van der Waals surface area contributed by atoms with Crippen LogP contribution in [0.25, 0.3) is 0 Å². The highest BCUT2D eigenvalue weighted by Crippen LogP contribution is 2.33. The first-order chi connectivity index (χ1) is 10.3. The van der Waals surface area contributed by atoms with Gasteiger partial charge in [0, 0.05) is 29.5 Å². The van der Waals surface area contributed by atoms with E-state index in [-0.39, 0.29) is 0 Å². The Balaban J connectivity index is 1.67. The molecule has 0 spiro atoms. The zero-order valence-corrected chi connectivity index (χ0v) is 13.4. The second-order valence-electron chi connectivity index (χ2n) is 4.99. The average molecular weight is 348 g/mol. The zero-order chi connectivity index (χ0) is 14.5. The molecule has 0 aromatic heterocycles. The molecule has 0 unspecified atom stereocenters. The van der Waals surface area contributed by atoms with Gasteiger partial charge in [0.2, 0.25) is 0 Å². The molecule has 0 aliphatic carbocycles. The lowest BCUT2D eigenvalue weighted by Crippen LogP contribution is -2.14. The second kappa shape index (κ2) is 6.96. The first kappa shape index (κ1) is 14.4. The first-order valence-electron chi connectivity index (χ1n) is 7.16. The average Bonchev–Trinajstić information content (AvgIpc) is 2.75. The van der Waals surface area contributed by atoms with Gasteiger partial charge in [-0.25, -0.2) is 0 Å². The van der Waals surface area contributed by atoms with Crippen molar-refractivity contribution < 1.29 is 9.47 Å². The third kappa shape index (κ3) is 3.57. The van der Waals surface area contributed by atoms with E-state index in [1.165, 1.54) is 5.56 Å². The molecule has 3 nitrogen and oxygen atoms in total. The number of benzene rings is 2. The van der Waals surface area contributed by atoms with Gasteiger partial charge in [-0.15, -0.1) is 0 Å². The van der Waals surface area contributed by atoms with Crippen molar-refractivity contribution in [2.45, 2.75) is 19.5 Å². The molecule has 3 rings (SSSR count). The number of ether oxygens (including phenoxy) is 2. The number of para-hydroxylation sites is 1. The Labute approximate surface area is 133 Å². The number of fused-ring (bicyclic) bond motifs is 1. The molecule has 0 saturated heterocycles. The Morgan fingerprint density at radius 3 is 2.57 bits per heavy atom. The molecule has 0 amide bonds. The van der Waals surface area contributed by atoms with Crippen molar-refractivity contribution in [3.05, 3.63) is 58.1 Å². The van der Waals surface area contributed by atoms with Gasteiger partial charge in [-0.1, -0.05) is 46.3 Å². The molecule has 2 aromatic rings. The minimum atomic E-state index is 0.717. The van der Waals surface area contributed by atoms with Gasteiger partial charge in [0.15, 0.2) is 11.5 Å². The smallest absolute Gasteiger partial charge is 0.165 e. The highest BCUT2D eigenvalue weighted by atomic mass is 79.9. The number of hydrogen-bond donors (Lipinski definition) is 1. The molecule has 2 aromatic carbocycles. The van der Waals surface area contributed by atoms with E-state index in [0.717, 1.165) is 47.7 Å². The Morgan fingerprint density at radius 2 is 1.67 bits per heavy atom. The predicted molar refractivity (Wildman–Crippen MR) is 86.7 cm³/mol. The topological polar surface area (TPSA) is 30.5 Å². The minimum Gasteiger partial charge on any atom is -0.490 e. The summed E-state index contributed by atoms with van der Waals surface area (Å²) in [6.07, 6.45) is 0.929. The van der Waals surface area contributed by atoms with Crippen molar-refractivity contribution in [1.82, 2.24) is 5.32 Å². The standard InChI is InChI=1S/C17H18BrNO2/c18-15-7-2-1-5-13(15)11-19-12-14-6-3-8-16-17(14)21-10-4-9-20-16/h1-3,5-8,19H,4,9-12H2. The van der Waals surface area contributed by atoms with E-state index in [9.17, 15) is 0 Å². The van der Waals surface area contributed by atoms with Gasteiger partial charge < -0.3 is 14.8 Å². The Kier molecular flexibility index (Phi) is 4.78. The van der Waals surface area contributed by atoms with Crippen LogP contribution in [0.5, 0.6) is 11.5 Å². The van der Waals surface area contributed by atoms with Gasteiger partial charge in [0.25, 0.3) is 0 Å². The van der Waals surface area contributed by atoms with Crippen LogP contribution in [-0.4, -0.2) is 13.2 Å². The molecule has 4 heteroatoms. The number of hydrogen-bond acceptors (Lipinski definition) is 3. The van der Waals surface area contributed by atoms with Gasteiger partial charge >= 0.3 is 0 Å². The molecule has 1 aliphatic rings. The van der Waals surface area contributed by atoms with Gasteiger partial charge in [0.05, 0.1) is 13.2 Å². The van der Waals surface area contributed by atoms with Crippen molar-refractivity contribution in [3.63, 3.8) is 0 Å². The molecule has 21 heavy (non-hydrogen) atoms. The van der Waals surface area contributed by atoms with Gasteiger partial charge in [0.1, 0.15) is 0 Å². The Hall–Kier alpha value is -1.52. The van der Waals surface area contributed by atoms with Gasteiger partial charge in [-0.2, -0.15) is 0 Å². The third-order valence-electron chi connectivity index (χ3n) is 3.44. The second-order valence-corrected chi connectivity index (χ2v) is 5.84. The van der Waals surface area contributed by atoms with Crippen LogP contribution in [0, 0.1) is 0 Å². The van der Waals surface area contributed by atoms with E-state index in [4.69, 9.17) is 9.47 Å². The monoisotopic (exact) mass is 347 g/mol. The molecule has 1 heterocycles. The molecule has 0 atom stereocenters. The van der Waals surface area contributed by atoms with Crippen molar-refractivity contribution in [2.24, 2.45) is 0 Å². The molecule has 0 bridgehead atoms. The third-order valence-corrected chi connectivity index (χ3v) is 4.22. The molecule has 0 fully saturated rings. The summed E-state index contributed by atoms with van der Waals surface area (Å²) in [6.45, 7) is 3.01. The highest BCUT2D eigenvalue weighted by molar-refractivity contribution is 9.10. The van der Waals surface area contributed by atoms with E-state index in [2.05, 4.69) is 39.4 Å². The van der Waals surface area contributed by atoms with Gasteiger partial charge in [-0.05, 0) is 17.7 Å². The fourth-order valence-electron chi connectivity index (χ4n) is 2.37. The van der Waals surface area contributed by atoms with Crippen molar-refractivity contribution in [1.29, 1.82) is 0 Å². The lowest BCUT2D eigenvalue weighted by atomic mass is 10.1. The van der Waals surface area contributed by atoms with E-state index in [0.29, 0.717) is 6.61 Å². The highest BCUT2D eigenvalue weighted by Gasteiger charge is 2.14. The van der Waals surface area contributed by atoms with E-state index < -0.39 is 0 Å². The summed E-state index contributed by atoms with van der Waals surface area (Å²) in [7, 11) is 0. The van der Waals surface area contributed by atoms with Gasteiger partial charge in [-0.3, -0.25) is 0 Å². The lowest BCUT2D eigenvalue weighted by molar-refractivity contribution is 0.296. The molecule has 110 valence electrons. The van der Waals surface area contributed by atoms with E-state index in [1.807, 2.05) is 24.3 Å². The van der Waals surface area contributed by atoms with Crippen LogP contribution < -0.4 is 14.8 Å². The summed E-state index contributed by atoms with van der Waals surface area (Å²) < 4.78 is 12.7. The fourth-order valence-corrected chi connectivity index (χ4v) is 2.79. The van der Waals surface area contributed by atoms with E-state index in [1.54, 1.807) is 0 Å². The fraction of sp³-hybridized carbons (Fsp3) is 0.294. The summed E-state index contributed by atoms with van der Waals surface area (Å²) in [5.74, 6) is 1.74. The SMILES string of the molecule is Brc1ccccc1CNCc1cccc2c1OCCCO2. The normalized spacial score (nSPS) is 13.8. The summed E-state index contributed by atoms with van der Waals surface area (Å²) in [6, 6.07) is 14.3. The van der Waals surface area contributed by atoms with Crippen LogP contribution in [0.1, 0.15) is 17.5 Å². The Bertz CT molecular complexity index is 615. The van der Waals surface area contributed by atoms with Crippen LogP contribution in [0.2, 0.25) is 0 Å². The number of halogens is 1. The summed E-state index contributed by atoms with van der Waals surface area (Å²) in [5, 5.41) is 3.46. The summed E-state index contributed by atoms with van der Waals surface area (Å²) >= 11 is 3.57. The predicted octanol–water partition coefficient (Wildman–Crippen LogP) is 3.90. The van der Waals surface area contributed by atoms with Crippen LogP contribution >= 0.6 is 15.9 Å². The van der Waals surface area contributed by atoms with Crippen molar-refractivity contribution in [2.75, 3.05) is 13.2 Å². The quantitative estimate of drug-likeness (QED) is 0.909. The van der Waals surface area contributed by atoms with Crippen LogP contribution in [0.15, 0.2) is 46.9 Å². The summed E-state index contributed by atoms with van der Waals surface area (Å²) in [4.78, 5) is 0. The Morgan fingerprint density at radius 1 is 0.905 bits per heavy atom. The maximum absolute atomic E-state index is 5.83. The molecule has 1 N–H and O–H groups in total. The van der Waals surface area contributed by atoms with Crippen LogP contribution in [-0.2, 0) is 13.1 Å². The maximum Gasteiger partial charge on any atom is 0.165 e. The summed E-state index contributed by atoms with van der Waals surface area (Å²) in [5.41, 5.74) is 2.39. The number of nitrogens with one attached hydrogen (secondary N) is 1. The zero-order valence-electron chi connectivity index (χ0n) is 11.8. The van der Waals surface area contributed by atoms with E-state index >= 15 is 0 Å². The minimum absolute atomic E-state index is 0.717. The molecule has 1 aliphatic heterocycles. The van der Waals surface area contributed by atoms with Crippen LogP contribution in [0.4, 0.5) is 0 Å². The first-order valence-corrected chi connectivity index (χ1v) is 7.95. The molecular weight excluding hydrogens is 330 g/mol. The lowest BCUT2D eigenvalue weighted by Gasteiger charge is -2.13. The maximum atomic E-state index is 5.83. The molecular formula is C17H18BrNO2. The molecule has 0 saturated carbocycles. The molecule has 0 radical (unpaired) electrons. The van der Waals surface area contributed by atoms with Crippen LogP contribution in [0.3, 0.4) is 0 Å². The van der Waals surface area contributed by atoms with Crippen molar-refractivity contribution in [3.8, 4) is 11.5 Å². The number of rotatable bonds is 4.